The van der Waals surface area contributed by atoms with E-state index in [1.54, 1.807) is 29.7 Å². The number of nitrogens with zero attached hydrogens (tertiary/aromatic N) is 2. The number of fused-ring (bicyclic) bond motifs is 1. The second-order valence-electron chi connectivity index (χ2n) is 9.97. The van der Waals surface area contributed by atoms with Crippen molar-refractivity contribution in [3.63, 3.8) is 0 Å². The Hall–Kier alpha value is -3.49. The first-order valence-electron chi connectivity index (χ1n) is 12.3. The van der Waals surface area contributed by atoms with E-state index in [-0.39, 0.29) is 24.4 Å². The molecule has 1 fully saturated rings. The van der Waals surface area contributed by atoms with Gasteiger partial charge in [0.25, 0.3) is 5.91 Å². The summed E-state index contributed by atoms with van der Waals surface area (Å²) in [5, 5.41) is 13.3. The number of nitrogens with one attached hydrogen (secondary N) is 2. The monoisotopic (exact) mass is 490 g/mol. The van der Waals surface area contributed by atoms with E-state index < -0.39 is 11.4 Å². The quantitative estimate of drug-likeness (QED) is 0.342. The van der Waals surface area contributed by atoms with Gasteiger partial charge in [-0.3, -0.25) is 19.8 Å². The van der Waals surface area contributed by atoms with E-state index in [2.05, 4.69) is 29.0 Å². The molecule has 0 spiro atoms. The van der Waals surface area contributed by atoms with Crippen molar-refractivity contribution in [2.45, 2.75) is 64.3 Å². The lowest BCUT2D eigenvalue weighted by Crippen LogP contribution is -2.61. The van der Waals surface area contributed by atoms with Gasteiger partial charge in [-0.25, -0.2) is 5.48 Å². The lowest BCUT2D eigenvalue weighted by atomic mass is 9.77. The van der Waals surface area contributed by atoms with Crippen LogP contribution in [0.5, 0.6) is 5.75 Å². The maximum Gasteiger partial charge on any atom is 0.251 e. The van der Waals surface area contributed by atoms with Gasteiger partial charge in [-0.05, 0) is 77.1 Å². The highest BCUT2D eigenvalue weighted by atomic mass is 16.5. The van der Waals surface area contributed by atoms with E-state index in [1.807, 2.05) is 44.3 Å². The Morgan fingerprint density at radius 1 is 1.11 bits per heavy atom. The second-order valence-corrected chi connectivity index (χ2v) is 9.97. The number of ether oxygens (including phenoxy) is 1. The number of rotatable bonds is 7. The molecule has 8 nitrogen and oxygen atoms in total. The normalized spacial score (nSPS) is 22.2. The summed E-state index contributed by atoms with van der Waals surface area (Å²) in [5.41, 5.74) is 4.37. The number of pyridine rings is 1. The topological polar surface area (TPSA) is 104 Å². The van der Waals surface area contributed by atoms with Crippen molar-refractivity contribution in [1.29, 1.82) is 0 Å². The molecule has 3 aromatic rings. The first-order valence-corrected chi connectivity index (χ1v) is 12.3. The maximum absolute atomic E-state index is 13.2. The Morgan fingerprint density at radius 3 is 2.44 bits per heavy atom. The highest BCUT2D eigenvalue weighted by molar-refractivity contribution is 5.95. The predicted molar refractivity (Wildman–Crippen MR) is 138 cm³/mol. The molecule has 2 heterocycles. The number of piperidine rings is 1. The number of aromatic nitrogens is 1. The minimum absolute atomic E-state index is 0.0122. The number of hydrogen-bond acceptors (Lipinski definition) is 6. The molecule has 1 aliphatic rings. The molecular weight excluding hydrogens is 456 g/mol. The molecule has 3 N–H and O–H groups in total. The van der Waals surface area contributed by atoms with E-state index in [1.165, 1.54) is 0 Å². The van der Waals surface area contributed by atoms with Crippen LogP contribution in [0, 0.1) is 6.92 Å². The highest BCUT2D eigenvalue weighted by Gasteiger charge is 2.43. The highest BCUT2D eigenvalue weighted by Crippen LogP contribution is 2.33. The minimum atomic E-state index is -0.745. The zero-order chi connectivity index (χ0) is 25.9. The van der Waals surface area contributed by atoms with Crippen LogP contribution in [0.4, 0.5) is 0 Å². The number of carbonyl (C=O) groups excluding carboxylic acids is 2. The fraction of sp³-hybridized carbons (Fsp3) is 0.393. The Morgan fingerprint density at radius 2 is 1.78 bits per heavy atom. The van der Waals surface area contributed by atoms with Crippen LogP contribution in [-0.2, 0) is 11.4 Å². The molecule has 4 rings (SSSR count). The largest absolute Gasteiger partial charge is 0.489 e. The molecule has 0 bridgehead atoms. The van der Waals surface area contributed by atoms with Gasteiger partial charge in [0.1, 0.15) is 12.4 Å². The number of aryl methyl sites for hydroxylation is 1. The lowest BCUT2D eigenvalue weighted by Gasteiger charge is -2.48. The van der Waals surface area contributed by atoms with Crippen molar-refractivity contribution < 1.29 is 19.5 Å². The van der Waals surface area contributed by atoms with E-state index in [4.69, 9.17) is 9.94 Å². The van der Waals surface area contributed by atoms with Crippen LogP contribution in [0.2, 0.25) is 0 Å². The third-order valence-electron chi connectivity index (χ3n) is 7.21. The zero-order valence-corrected chi connectivity index (χ0v) is 21.2. The van der Waals surface area contributed by atoms with Crippen LogP contribution >= 0.6 is 0 Å². The van der Waals surface area contributed by atoms with Crippen LogP contribution in [0.25, 0.3) is 10.9 Å². The van der Waals surface area contributed by atoms with Gasteiger partial charge in [0.15, 0.2) is 0 Å². The Balaban J connectivity index is 1.46. The molecule has 36 heavy (non-hydrogen) atoms. The Bertz CT molecular complexity index is 1230. The fourth-order valence-electron chi connectivity index (χ4n) is 5.27. The number of carbonyl (C=O) groups is 2. The predicted octanol–water partition coefficient (Wildman–Crippen LogP) is 3.99. The summed E-state index contributed by atoms with van der Waals surface area (Å²) in [4.78, 5) is 32.1. The summed E-state index contributed by atoms with van der Waals surface area (Å²) in [6, 6.07) is 17.3. The van der Waals surface area contributed by atoms with Crippen molar-refractivity contribution >= 4 is 22.7 Å². The van der Waals surface area contributed by atoms with Gasteiger partial charge in [-0.1, -0.05) is 18.2 Å². The van der Waals surface area contributed by atoms with Gasteiger partial charge in [0.2, 0.25) is 5.91 Å². The van der Waals surface area contributed by atoms with E-state index in [9.17, 15) is 9.59 Å². The number of hydrogen-bond donors (Lipinski definition) is 3. The molecule has 190 valence electrons. The van der Waals surface area contributed by atoms with Crippen molar-refractivity contribution in [3.05, 3.63) is 71.4 Å². The van der Waals surface area contributed by atoms with E-state index in [0.717, 1.165) is 22.2 Å². The average molecular weight is 491 g/mol. The summed E-state index contributed by atoms with van der Waals surface area (Å²) in [6.07, 6.45) is 1.22. The summed E-state index contributed by atoms with van der Waals surface area (Å²) in [7, 11) is 2.04. The van der Waals surface area contributed by atoms with Crippen molar-refractivity contribution in [3.8, 4) is 5.75 Å². The Labute approximate surface area is 211 Å². The maximum atomic E-state index is 13.2. The number of amides is 2. The van der Waals surface area contributed by atoms with Crippen molar-refractivity contribution in [2.24, 2.45) is 0 Å². The van der Waals surface area contributed by atoms with Crippen LogP contribution < -0.4 is 15.5 Å². The smallest absolute Gasteiger partial charge is 0.251 e. The molecule has 2 aromatic carbocycles. The third kappa shape index (κ3) is 5.66. The number of para-hydroxylation sites is 1. The van der Waals surface area contributed by atoms with Gasteiger partial charge in [0.05, 0.1) is 17.5 Å². The van der Waals surface area contributed by atoms with E-state index >= 15 is 0 Å². The van der Waals surface area contributed by atoms with Gasteiger partial charge < -0.3 is 15.0 Å². The molecular formula is C28H34N4O4. The molecule has 8 heteroatoms. The first-order chi connectivity index (χ1) is 17.2. The van der Waals surface area contributed by atoms with Crippen LogP contribution in [0.3, 0.4) is 0 Å². The van der Waals surface area contributed by atoms with Gasteiger partial charge in [-0.2, -0.15) is 0 Å². The van der Waals surface area contributed by atoms with Gasteiger partial charge >= 0.3 is 0 Å². The number of hydroxylamine groups is 1. The van der Waals surface area contributed by atoms with Crippen LogP contribution in [0.15, 0.2) is 54.6 Å². The third-order valence-corrected chi connectivity index (χ3v) is 7.21. The molecule has 2 amide bonds. The SMILES string of the molecule is Cc1cc(COc2ccc(C(=O)NC3(CC(=O)NO)C[C@@H](C)N(C)[C@@H](C)C3)cc2)c2ccccc2n1. The lowest BCUT2D eigenvalue weighted by molar-refractivity contribution is -0.131. The summed E-state index contributed by atoms with van der Waals surface area (Å²) >= 11 is 0. The zero-order valence-electron chi connectivity index (χ0n) is 21.2. The average Bonchev–Trinajstić information content (AvgIpc) is 2.85. The molecule has 0 aliphatic carbocycles. The standard InChI is InChI=1S/C28H34N4O4/c1-18-13-22(24-7-5-6-8-25(24)29-18)17-36-23-11-9-21(10-12-23)27(34)30-28(16-26(33)31-35)14-19(2)32(4)20(3)15-28/h5-13,19-20,35H,14-17H2,1-4H3,(H,30,34)(H,31,33)/t19-,20+,28?. The molecule has 1 aliphatic heterocycles. The second kappa shape index (κ2) is 10.6. The first kappa shape index (κ1) is 25.6. The van der Waals surface area contributed by atoms with Crippen LogP contribution in [0.1, 0.15) is 54.7 Å². The molecule has 0 radical (unpaired) electrons. The fourth-order valence-corrected chi connectivity index (χ4v) is 5.27. The molecule has 0 saturated carbocycles. The molecule has 1 unspecified atom stereocenters. The minimum Gasteiger partial charge on any atom is -0.489 e. The van der Waals surface area contributed by atoms with E-state index in [0.29, 0.717) is 30.8 Å². The van der Waals surface area contributed by atoms with Crippen molar-refractivity contribution in [1.82, 2.24) is 20.7 Å². The van der Waals surface area contributed by atoms with Gasteiger partial charge in [-0.15, -0.1) is 0 Å². The Kier molecular flexibility index (Phi) is 7.56. The molecule has 3 atom stereocenters. The summed E-state index contributed by atoms with van der Waals surface area (Å²) in [5.74, 6) is -0.116. The number of likely N-dealkylation sites (tertiary alicyclic amines) is 1. The van der Waals surface area contributed by atoms with Crippen molar-refractivity contribution in [2.75, 3.05) is 7.05 Å². The molecule has 1 saturated heterocycles. The summed E-state index contributed by atoms with van der Waals surface area (Å²) in [6.45, 7) is 6.50. The summed E-state index contributed by atoms with van der Waals surface area (Å²) < 4.78 is 6.02. The molecule has 1 aromatic heterocycles. The van der Waals surface area contributed by atoms with Gasteiger partial charge in [0, 0.05) is 34.3 Å². The number of benzene rings is 2. The van der Waals surface area contributed by atoms with Crippen LogP contribution in [-0.4, -0.2) is 51.6 Å².